The number of rotatable bonds is 6. The number of hydrogen-bond donors (Lipinski definition) is 3. The summed E-state index contributed by atoms with van der Waals surface area (Å²) in [6.45, 7) is 2.52. The fourth-order valence-corrected chi connectivity index (χ4v) is 1.84. The molecule has 1 aromatic carbocycles. The molecule has 0 bridgehead atoms. The number of nitrogens with one attached hydrogen (secondary N) is 3. The second kappa shape index (κ2) is 7.91. The Labute approximate surface area is 121 Å². The van der Waals surface area contributed by atoms with Gasteiger partial charge in [0.1, 0.15) is 0 Å². The number of hydrogen-bond acceptors (Lipinski definition) is 3. The SMILES string of the molecule is CNCC(=O)NCCC(=O)Nc1cc(Br)ccc1C. The van der Waals surface area contributed by atoms with Crippen molar-refractivity contribution >= 4 is 33.4 Å². The zero-order valence-electron chi connectivity index (χ0n) is 11.0. The fourth-order valence-electron chi connectivity index (χ4n) is 1.48. The highest BCUT2D eigenvalue weighted by molar-refractivity contribution is 9.10. The number of carbonyl (C=O) groups excluding carboxylic acids is 2. The van der Waals surface area contributed by atoms with Crippen LogP contribution in [0.4, 0.5) is 5.69 Å². The largest absolute Gasteiger partial charge is 0.354 e. The Balaban J connectivity index is 2.39. The normalized spacial score (nSPS) is 10.1. The third kappa shape index (κ3) is 5.85. The third-order valence-corrected chi connectivity index (χ3v) is 2.98. The van der Waals surface area contributed by atoms with Crippen LogP contribution in [0, 0.1) is 6.92 Å². The van der Waals surface area contributed by atoms with E-state index in [0.717, 1.165) is 15.7 Å². The summed E-state index contributed by atoms with van der Waals surface area (Å²) in [5.74, 6) is -0.236. The highest BCUT2D eigenvalue weighted by Crippen LogP contribution is 2.20. The minimum absolute atomic E-state index is 0.117. The van der Waals surface area contributed by atoms with Gasteiger partial charge in [-0.15, -0.1) is 0 Å². The van der Waals surface area contributed by atoms with Crippen molar-refractivity contribution in [1.29, 1.82) is 0 Å². The van der Waals surface area contributed by atoms with E-state index in [-0.39, 0.29) is 24.8 Å². The molecule has 0 unspecified atom stereocenters. The van der Waals surface area contributed by atoms with E-state index < -0.39 is 0 Å². The molecular weight excluding hydrogens is 310 g/mol. The Bertz CT molecular complexity index is 463. The molecule has 0 aliphatic heterocycles. The van der Waals surface area contributed by atoms with Crippen molar-refractivity contribution in [1.82, 2.24) is 10.6 Å². The van der Waals surface area contributed by atoms with Crippen molar-refractivity contribution in [3.8, 4) is 0 Å². The number of halogens is 1. The van der Waals surface area contributed by atoms with Gasteiger partial charge in [-0.05, 0) is 31.7 Å². The van der Waals surface area contributed by atoms with Crippen LogP contribution in [0.15, 0.2) is 22.7 Å². The van der Waals surface area contributed by atoms with Crippen LogP contribution in [0.5, 0.6) is 0 Å². The van der Waals surface area contributed by atoms with Gasteiger partial charge in [0.05, 0.1) is 6.54 Å². The Kier molecular flexibility index (Phi) is 6.52. The molecule has 1 rings (SSSR count). The average Bonchev–Trinajstić information content (AvgIpc) is 2.34. The summed E-state index contributed by atoms with van der Waals surface area (Å²) in [5.41, 5.74) is 1.77. The molecule has 5 nitrogen and oxygen atoms in total. The van der Waals surface area contributed by atoms with Crippen molar-refractivity contribution in [2.75, 3.05) is 25.5 Å². The van der Waals surface area contributed by atoms with Gasteiger partial charge in [-0.2, -0.15) is 0 Å². The standard InChI is InChI=1S/C13H18BrN3O2/c1-9-3-4-10(14)7-11(9)17-12(18)5-6-16-13(19)8-15-2/h3-4,7,15H,5-6,8H2,1-2H3,(H,16,19)(H,17,18). The average molecular weight is 328 g/mol. The summed E-state index contributed by atoms with van der Waals surface area (Å²) < 4.78 is 0.913. The van der Waals surface area contributed by atoms with Crippen molar-refractivity contribution in [2.45, 2.75) is 13.3 Å². The summed E-state index contributed by atoms with van der Waals surface area (Å²) in [7, 11) is 1.70. The van der Waals surface area contributed by atoms with Gasteiger partial charge in [0.2, 0.25) is 11.8 Å². The van der Waals surface area contributed by atoms with Gasteiger partial charge >= 0.3 is 0 Å². The minimum Gasteiger partial charge on any atom is -0.354 e. The summed E-state index contributed by atoms with van der Waals surface area (Å²) >= 11 is 3.36. The van der Waals surface area contributed by atoms with Crippen molar-refractivity contribution in [3.05, 3.63) is 28.2 Å². The van der Waals surface area contributed by atoms with Gasteiger partial charge in [-0.1, -0.05) is 22.0 Å². The lowest BCUT2D eigenvalue weighted by Crippen LogP contribution is -2.34. The maximum atomic E-state index is 11.7. The van der Waals surface area contributed by atoms with E-state index in [9.17, 15) is 9.59 Å². The molecule has 19 heavy (non-hydrogen) atoms. The number of likely N-dealkylation sites (N-methyl/N-ethyl adjacent to an activating group) is 1. The van der Waals surface area contributed by atoms with E-state index in [1.807, 2.05) is 25.1 Å². The van der Waals surface area contributed by atoms with Crippen LogP contribution in [0.3, 0.4) is 0 Å². The van der Waals surface area contributed by atoms with E-state index in [1.165, 1.54) is 0 Å². The summed E-state index contributed by atoms with van der Waals surface area (Å²) in [5, 5.41) is 8.22. The Morgan fingerprint density at radius 1 is 1.26 bits per heavy atom. The van der Waals surface area contributed by atoms with Crippen LogP contribution in [-0.2, 0) is 9.59 Å². The molecule has 0 aliphatic rings. The molecule has 0 aliphatic carbocycles. The third-order valence-electron chi connectivity index (χ3n) is 2.49. The maximum Gasteiger partial charge on any atom is 0.233 e. The highest BCUT2D eigenvalue weighted by atomic mass is 79.9. The molecule has 0 saturated heterocycles. The van der Waals surface area contributed by atoms with E-state index in [0.29, 0.717) is 6.54 Å². The van der Waals surface area contributed by atoms with Crippen molar-refractivity contribution in [3.63, 3.8) is 0 Å². The van der Waals surface area contributed by atoms with E-state index in [2.05, 4.69) is 31.9 Å². The second-order valence-electron chi connectivity index (χ2n) is 4.14. The molecule has 6 heteroatoms. The monoisotopic (exact) mass is 327 g/mol. The maximum absolute atomic E-state index is 11.7. The van der Waals surface area contributed by atoms with Gasteiger partial charge in [0, 0.05) is 23.1 Å². The highest BCUT2D eigenvalue weighted by Gasteiger charge is 2.06. The number of anilines is 1. The molecule has 2 amide bonds. The predicted molar refractivity (Wildman–Crippen MR) is 79.1 cm³/mol. The lowest BCUT2D eigenvalue weighted by atomic mass is 10.2. The molecule has 0 fully saturated rings. The molecule has 0 aromatic heterocycles. The number of carbonyl (C=O) groups is 2. The van der Waals surface area contributed by atoms with Crippen molar-refractivity contribution in [2.24, 2.45) is 0 Å². The van der Waals surface area contributed by atoms with Gasteiger partial charge in [0.15, 0.2) is 0 Å². The van der Waals surface area contributed by atoms with Crippen LogP contribution in [0.2, 0.25) is 0 Å². The first kappa shape index (κ1) is 15.7. The smallest absolute Gasteiger partial charge is 0.233 e. The molecule has 0 atom stereocenters. The number of benzene rings is 1. The molecule has 3 N–H and O–H groups in total. The minimum atomic E-state index is -0.119. The van der Waals surface area contributed by atoms with Crippen LogP contribution in [-0.4, -0.2) is 32.0 Å². The number of amides is 2. The molecule has 0 saturated carbocycles. The second-order valence-corrected chi connectivity index (χ2v) is 5.05. The first-order chi connectivity index (χ1) is 9.02. The first-order valence-corrected chi connectivity index (χ1v) is 6.79. The lowest BCUT2D eigenvalue weighted by molar-refractivity contribution is -0.120. The first-order valence-electron chi connectivity index (χ1n) is 6.00. The zero-order chi connectivity index (χ0) is 14.3. The zero-order valence-corrected chi connectivity index (χ0v) is 12.6. The topological polar surface area (TPSA) is 70.2 Å². The summed E-state index contributed by atoms with van der Waals surface area (Å²) in [6, 6.07) is 5.70. The van der Waals surface area contributed by atoms with Crippen LogP contribution >= 0.6 is 15.9 Å². The molecule has 0 heterocycles. The van der Waals surface area contributed by atoms with Gasteiger partial charge in [-0.25, -0.2) is 0 Å². The summed E-state index contributed by atoms with van der Waals surface area (Å²) in [6.07, 6.45) is 0.251. The van der Waals surface area contributed by atoms with E-state index >= 15 is 0 Å². The summed E-state index contributed by atoms with van der Waals surface area (Å²) in [4.78, 5) is 22.9. The van der Waals surface area contributed by atoms with E-state index in [1.54, 1.807) is 7.05 Å². The Hall–Kier alpha value is -1.40. The Morgan fingerprint density at radius 3 is 2.68 bits per heavy atom. The molecule has 0 spiro atoms. The van der Waals surface area contributed by atoms with Crippen molar-refractivity contribution < 1.29 is 9.59 Å². The van der Waals surface area contributed by atoms with Gasteiger partial charge < -0.3 is 16.0 Å². The van der Waals surface area contributed by atoms with Crippen LogP contribution in [0.1, 0.15) is 12.0 Å². The fraction of sp³-hybridized carbons (Fsp3) is 0.385. The van der Waals surface area contributed by atoms with E-state index in [4.69, 9.17) is 0 Å². The molecule has 0 radical (unpaired) electrons. The van der Waals surface area contributed by atoms with Gasteiger partial charge in [-0.3, -0.25) is 9.59 Å². The quantitative estimate of drug-likeness (QED) is 0.740. The predicted octanol–water partition coefficient (Wildman–Crippen LogP) is 1.42. The lowest BCUT2D eigenvalue weighted by Gasteiger charge is -2.09. The van der Waals surface area contributed by atoms with Crippen LogP contribution < -0.4 is 16.0 Å². The number of aryl methyl sites for hydroxylation is 1. The Morgan fingerprint density at radius 2 is 2.00 bits per heavy atom. The molecule has 104 valence electrons. The molecular formula is C13H18BrN3O2. The van der Waals surface area contributed by atoms with Gasteiger partial charge in [0.25, 0.3) is 0 Å². The van der Waals surface area contributed by atoms with Crippen LogP contribution in [0.25, 0.3) is 0 Å². The molecule has 1 aromatic rings.